The van der Waals surface area contributed by atoms with Crippen LogP contribution in [-0.2, 0) is 10.2 Å². The van der Waals surface area contributed by atoms with E-state index in [0.717, 1.165) is 6.20 Å². The summed E-state index contributed by atoms with van der Waals surface area (Å²) in [5.41, 5.74) is 0.374. The molecule has 1 aliphatic carbocycles. The van der Waals surface area contributed by atoms with Crippen LogP contribution in [0.25, 0.3) is 10.9 Å². The summed E-state index contributed by atoms with van der Waals surface area (Å²) in [5, 5.41) is 12.6. The Hall–Kier alpha value is -4.22. The molecule has 2 aliphatic rings. The van der Waals surface area contributed by atoms with Gasteiger partial charge in [-0.2, -0.15) is 13.9 Å². The van der Waals surface area contributed by atoms with Gasteiger partial charge in [-0.3, -0.25) is 9.89 Å². The van der Waals surface area contributed by atoms with Gasteiger partial charge in [0.25, 0.3) is 0 Å². The van der Waals surface area contributed by atoms with Gasteiger partial charge in [0.05, 0.1) is 11.6 Å². The second-order valence-electron chi connectivity index (χ2n) is 8.47. The third kappa shape index (κ3) is 3.20. The first-order valence-electron chi connectivity index (χ1n) is 10.6. The highest BCUT2D eigenvalue weighted by Crippen LogP contribution is 2.65. The normalized spacial score (nSPS) is 20.4. The summed E-state index contributed by atoms with van der Waals surface area (Å²) in [6, 6.07) is 7.22. The number of nitrogens with zero attached hydrogens (tertiary/aromatic N) is 3. The maximum Gasteiger partial charge on any atom is 0.387 e. The number of fused-ring (bicyclic) bond motifs is 3. The summed E-state index contributed by atoms with van der Waals surface area (Å²) in [4.78, 5) is 20.7. The first-order chi connectivity index (χ1) is 16.8. The van der Waals surface area contributed by atoms with Crippen LogP contribution < -0.4 is 15.4 Å². The average molecular weight is 484 g/mol. The van der Waals surface area contributed by atoms with Gasteiger partial charge in [0.15, 0.2) is 23.2 Å². The molecule has 12 heteroatoms. The van der Waals surface area contributed by atoms with Gasteiger partial charge in [-0.1, -0.05) is 6.07 Å². The van der Waals surface area contributed by atoms with Gasteiger partial charge >= 0.3 is 6.61 Å². The lowest BCUT2D eigenvalue weighted by atomic mass is 9.91. The van der Waals surface area contributed by atoms with Crippen molar-refractivity contribution in [2.24, 2.45) is 0 Å². The number of hydrogen-bond acceptors (Lipinski definition) is 6. The van der Waals surface area contributed by atoms with Crippen LogP contribution in [0.5, 0.6) is 5.75 Å². The molecule has 178 valence electrons. The molecule has 1 saturated carbocycles. The highest BCUT2D eigenvalue weighted by molar-refractivity contribution is 6.10. The molecule has 2 aromatic carbocycles. The molecule has 2 atom stereocenters. The standard InChI is InChI=1S/C23H16F4N6O2/c1-9-28-8-16(35-22(26)27)20(29-9)31-19-12-4-3-11(17(25)18(12)32-33-19)14-7-23(14)13-6-10(24)2-5-15(13)30-21(23)34/h2-6,8,14,22H,7H2,1H3,(H,30,34)(H2,28,29,31,32,33). The molecule has 8 nitrogen and oxygen atoms in total. The molecule has 2 unspecified atom stereocenters. The summed E-state index contributed by atoms with van der Waals surface area (Å²) in [6.07, 6.45) is 1.44. The number of H-pyrrole nitrogens is 1. The molecule has 0 saturated heterocycles. The Kier molecular flexibility index (Phi) is 4.50. The van der Waals surface area contributed by atoms with Gasteiger partial charge in [0.2, 0.25) is 5.91 Å². The fraction of sp³-hybridized carbons (Fsp3) is 0.217. The molecule has 2 aromatic heterocycles. The number of carbonyl (C=O) groups excluding carboxylic acids is 1. The van der Waals surface area contributed by atoms with Crippen molar-refractivity contribution in [2.75, 3.05) is 10.6 Å². The molecule has 1 amide bonds. The van der Waals surface area contributed by atoms with Crippen LogP contribution in [-0.4, -0.2) is 32.7 Å². The van der Waals surface area contributed by atoms with Crippen LogP contribution in [0.1, 0.15) is 29.3 Å². The highest BCUT2D eigenvalue weighted by atomic mass is 19.3. The topological polar surface area (TPSA) is 105 Å². The van der Waals surface area contributed by atoms with E-state index in [1.54, 1.807) is 19.1 Å². The Balaban J connectivity index is 1.35. The van der Waals surface area contributed by atoms with E-state index >= 15 is 4.39 Å². The SMILES string of the molecule is Cc1ncc(OC(F)F)c(Nc2n[nH]c3c(F)c(C4CC45C(=O)Nc4ccc(F)cc45)ccc23)n1. The predicted octanol–water partition coefficient (Wildman–Crippen LogP) is 4.66. The van der Waals surface area contributed by atoms with Gasteiger partial charge in [-0.05, 0) is 48.7 Å². The lowest BCUT2D eigenvalue weighted by Crippen LogP contribution is -2.21. The number of nitrogens with one attached hydrogen (secondary N) is 3. The van der Waals surface area contributed by atoms with E-state index in [9.17, 15) is 18.0 Å². The van der Waals surface area contributed by atoms with Crippen LogP contribution in [0.15, 0.2) is 36.5 Å². The fourth-order valence-corrected chi connectivity index (χ4v) is 4.82. The number of anilines is 3. The molecule has 1 aliphatic heterocycles. The molecule has 0 bridgehead atoms. The van der Waals surface area contributed by atoms with Gasteiger partial charge in [0.1, 0.15) is 17.2 Å². The van der Waals surface area contributed by atoms with Crippen LogP contribution in [0.2, 0.25) is 0 Å². The number of carbonyl (C=O) groups is 1. The lowest BCUT2D eigenvalue weighted by Gasteiger charge is -2.11. The van der Waals surface area contributed by atoms with Crippen molar-refractivity contribution < 1.29 is 27.1 Å². The quantitative estimate of drug-likeness (QED) is 0.356. The van der Waals surface area contributed by atoms with Gasteiger partial charge in [0, 0.05) is 17.0 Å². The molecule has 35 heavy (non-hydrogen) atoms. The van der Waals surface area contributed by atoms with E-state index in [2.05, 4.69) is 35.5 Å². The van der Waals surface area contributed by atoms with Crippen LogP contribution >= 0.6 is 0 Å². The summed E-state index contributed by atoms with van der Waals surface area (Å²) in [5.74, 6) is -1.76. The Morgan fingerprint density at radius 2 is 2.03 bits per heavy atom. The minimum absolute atomic E-state index is 0.0573. The number of aryl methyl sites for hydroxylation is 1. The second-order valence-corrected chi connectivity index (χ2v) is 8.47. The van der Waals surface area contributed by atoms with Crippen molar-refractivity contribution in [3.63, 3.8) is 0 Å². The van der Waals surface area contributed by atoms with E-state index in [1.165, 1.54) is 18.2 Å². The molecule has 6 rings (SSSR count). The van der Waals surface area contributed by atoms with Crippen LogP contribution in [0.4, 0.5) is 34.9 Å². The number of benzene rings is 2. The predicted molar refractivity (Wildman–Crippen MR) is 117 cm³/mol. The minimum Gasteiger partial charge on any atom is -0.429 e. The summed E-state index contributed by atoms with van der Waals surface area (Å²) in [7, 11) is 0. The number of alkyl halides is 2. The molecule has 4 aromatic rings. The van der Waals surface area contributed by atoms with Crippen LogP contribution in [0, 0.1) is 18.6 Å². The third-order valence-electron chi connectivity index (χ3n) is 6.49. The lowest BCUT2D eigenvalue weighted by molar-refractivity contribution is -0.118. The maximum atomic E-state index is 15.6. The van der Waals surface area contributed by atoms with Gasteiger partial charge in [-0.15, -0.1) is 0 Å². The zero-order valence-electron chi connectivity index (χ0n) is 18.0. The first kappa shape index (κ1) is 21.3. The van der Waals surface area contributed by atoms with Gasteiger partial charge in [-0.25, -0.2) is 18.7 Å². The Labute approximate surface area is 194 Å². The fourth-order valence-electron chi connectivity index (χ4n) is 4.82. The van der Waals surface area contributed by atoms with E-state index in [4.69, 9.17) is 0 Å². The van der Waals surface area contributed by atoms with Crippen molar-refractivity contribution in [2.45, 2.75) is 31.3 Å². The van der Waals surface area contributed by atoms with E-state index < -0.39 is 29.6 Å². The van der Waals surface area contributed by atoms with E-state index in [-0.39, 0.29) is 28.8 Å². The molecule has 0 radical (unpaired) electrons. The van der Waals surface area contributed by atoms with Crippen molar-refractivity contribution in [1.29, 1.82) is 0 Å². The van der Waals surface area contributed by atoms with E-state index in [0.29, 0.717) is 34.4 Å². The van der Waals surface area contributed by atoms with Crippen LogP contribution in [0.3, 0.4) is 0 Å². The summed E-state index contributed by atoms with van der Waals surface area (Å²) >= 11 is 0. The smallest absolute Gasteiger partial charge is 0.387 e. The second kappa shape index (κ2) is 7.39. The molecule has 3 heterocycles. The van der Waals surface area contributed by atoms with Crippen molar-refractivity contribution in [1.82, 2.24) is 20.2 Å². The molecular formula is C23H16F4N6O2. The molecule has 3 N–H and O–H groups in total. The van der Waals surface area contributed by atoms with Gasteiger partial charge < -0.3 is 15.4 Å². The summed E-state index contributed by atoms with van der Waals surface area (Å²) in [6.45, 7) is -1.52. The number of rotatable bonds is 5. The number of hydrogen-bond donors (Lipinski definition) is 3. The van der Waals surface area contributed by atoms with Crippen molar-refractivity contribution in [3.8, 4) is 5.75 Å². The number of aromatic nitrogens is 4. The van der Waals surface area contributed by atoms with E-state index in [1.807, 2.05) is 0 Å². The molecule has 1 fully saturated rings. The third-order valence-corrected chi connectivity index (χ3v) is 6.49. The zero-order valence-corrected chi connectivity index (χ0v) is 18.0. The number of halogens is 4. The van der Waals surface area contributed by atoms with Crippen molar-refractivity contribution >= 4 is 34.1 Å². The summed E-state index contributed by atoms with van der Waals surface area (Å²) < 4.78 is 59.4. The first-order valence-corrected chi connectivity index (χ1v) is 10.6. The highest BCUT2D eigenvalue weighted by Gasteiger charge is 2.65. The molecular weight excluding hydrogens is 468 g/mol. The zero-order chi connectivity index (χ0) is 24.5. The Morgan fingerprint density at radius 3 is 2.83 bits per heavy atom. The number of aromatic amines is 1. The number of ether oxygens (including phenoxy) is 1. The number of amides is 1. The largest absolute Gasteiger partial charge is 0.429 e. The Morgan fingerprint density at radius 1 is 1.20 bits per heavy atom. The van der Waals surface area contributed by atoms with Crippen molar-refractivity contribution in [3.05, 3.63) is 65.1 Å². The Bertz CT molecular complexity index is 1520. The average Bonchev–Trinajstić information content (AvgIpc) is 3.33. The maximum absolute atomic E-state index is 15.6. The minimum atomic E-state index is -3.09. The molecule has 1 spiro atoms. The monoisotopic (exact) mass is 484 g/mol.